The van der Waals surface area contributed by atoms with Crippen molar-refractivity contribution in [3.63, 3.8) is 0 Å². The molecule has 0 N–H and O–H groups in total. The van der Waals surface area contributed by atoms with Gasteiger partial charge in [-0.15, -0.1) is 0 Å². The number of ether oxygens (including phenoxy) is 3. The van der Waals surface area contributed by atoms with E-state index in [0.717, 1.165) is 11.1 Å². The van der Waals surface area contributed by atoms with Gasteiger partial charge in [-0.25, -0.2) is 8.78 Å². The first kappa shape index (κ1) is 17.5. The number of hydrogen-bond donors (Lipinski definition) is 0. The van der Waals surface area contributed by atoms with Gasteiger partial charge in [0.2, 0.25) is 0 Å². The molecule has 0 heterocycles. The second-order valence-corrected chi connectivity index (χ2v) is 4.90. The van der Waals surface area contributed by atoms with Crippen LogP contribution in [0.4, 0.5) is 8.78 Å². The van der Waals surface area contributed by atoms with E-state index in [9.17, 15) is 8.78 Å². The molecule has 0 aliphatic carbocycles. The summed E-state index contributed by atoms with van der Waals surface area (Å²) in [4.78, 5) is 0. The molecule has 23 heavy (non-hydrogen) atoms. The molecule has 0 bridgehead atoms. The number of alkyl halides is 2. The molecular weight excluding hydrogens is 302 g/mol. The number of hydrogen-bond acceptors (Lipinski definition) is 3. The van der Waals surface area contributed by atoms with Gasteiger partial charge in [0.15, 0.2) is 12.6 Å². The van der Waals surface area contributed by atoms with E-state index < -0.39 is 25.9 Å². The van der Waals surface area contributed by atoms with Crippen molar-refractivity contribution in [3.05, 3.63) is 71.8 Å². The van der Waals surface area contributed by atoms with Gasteiger partial charge in [0, 0.05) is 0 Å². The van der Waals surface area contributed by atoms with Crippen LogP contribution in [0.25, 0.3) is 0 Å². The molecule has 2 aromatic rings. The summed E-state index contributed by atoms with van der Waals surface area (Å²) < 4.78 is 41.8. The van der Waals surface area contributed by atoms with Crippen LogP contribution in [0.5, 0.6) is 0 Å². The molecule has 0 saturated heterocycles. The summed E-state index contributed by atoms with van der Waals surface area (Å²) in [6.45, 7) is -1.38. The molecule has 3 nitrogen and oxygen atoms in total. The average molecular weight is 322 g/mol. The Morgan fingerprint density at radius 1 is 0.652 bits per heavy atom. The topological polar surface area (TPSA) is 27.7 Å². The minimum Gasteiger partial charge on any atom is -0.345 e. The molecule has 0 amide bonds. The van der Waals surface area contributed by atoms with Crippen molar-refractivity contribution in [2.45, 2.75) is 25.8 Å². The molecule has 0 aliphatic rings. The van der Waals surface area contributed by atoms with Crippen LogP contribution in [0.2, 0.25) is 0 Å². The Bertz CT molecular complexity index is 487. The predicted octanol–water partition coefficient (Wildman–Crippen LogP) is 4.03. The molecule has 2 unspecified atom stereocenters. The van der Waals surface area contributed by atoms with Crippen LogP contribution in [0.1, 0.15) is 11.1 Å². The second-order valence-electron chi connectivity index (χ2n) is 4.90. The largest absolute Gasteiger partial charge is 0.345 e. The van der Waals surface area contributed by atoms with E-state index in [1.807, 2.05) is 60.7 Å². The summed E-state index contributed by atoms with van der Waals surface area (Å²) in [5.41, 5.74) is 1.77. The van der Waals surface area contributed by atoms with Gasteiger partial charge in [-0.2, -0.15) is 0 Å². The lowest BCUT2D eigenvalue weighted by atomic mass is 10.2. The lowest BCUT2D eigenvalue weighted by molar-refractivity contribution is -0.259. The van der Waals surface area contributed by atoms with Crippen LogP contribution in [0.15, 0.2) is 60.7 Å². The van der Waals surface area contributed by atoms with Gasteiger partial charge in [0.1, 0.15) is 13.3 Å². The first-order valence-electron chi connectivity index (χ1n) is 7.40. The molecule has 5 heteroatoms. The summed E-state index contributed by atoms with van der Waals surface area (Å²) in [6, 6.07) is 18.6. The maximum Gasteiger partial charge on any atom is 0.189 e. The lowest BCUT2D eigenvalue weighted by Gasteiger charge is -2.21. The van der Waals surface area contributed by atoms with E-state index >= 15 is 0 Å². The van der Waals surface area contributed by atoms with Crippen molar-refractivity contribution >= 4 is 0 Å². The minimum absolute atomic E-state index is 0.188. The first-order valence-corrected chi connectivity index (χ1v) is 7.40. The fraction of sp³-hybridized carbons (Fsp3) is 0.333. The van der Waals surface area contributed by atoms with Crippen LogP contribution in [0, 0.1) is 0 Å². The normalized spacial score (nSPS) is 13.7. The van der Waals surface area contributed by atoms with Gasteiger partial charge in [0.25, 0.3) is 0 Å². The predicted molar refractivity (Wildman–Crippen MR) is 83.1 cm³/mol. The van der Waals surface area contributed by atoms with Crippen molar-refractivity contribution in [1.29, 1.82) is 0 Å². The molecule has 0 aromatic heterocycles. The monoisotopic (exact) mass is 322 g/mol. The third-order valence-corrected chi connectivity index (χ3v) is 3.11. The van der Waals surface area contributed by atoms with Crippen molar-refractivity contribution in [2.24, 2.45) is 0 Å². The molecule has 0 saturated carbocycles. The molecular formula is C18H20F2O3. The Kier molecular flexibility index (Phi) is 7.66. The molecule has 0 radical (unpaired) electrons. The maximum absolute atomic E-state index is 13.0. The average Bonchev–Trinajstić information content (AvgIpc) is 2.63. The zero-order chi connectivity index (χ0) is 16.3. The Morgan fingerprint density at radius 2 is 1.04 bits per heavy atom. The molecule has 0 spiro atoms. The van der Waals surface area contributed by atoms with Crippen LogP contribution < -0.4 is 0 Å². The van der Waals surface area contributed by atoms with Crippen molar-refractivity contribution < 1.29 is 23.0 Å². The van der Waals surface area contributed by atoms with E-state index in [1.54, 1.807) is 0 Å². The third kappa shape index (κ3) is 6.44. The summed E-state index contributed by atoms with van der Waals surface area (Å²) in [5.74, 6) is 0. The Labute approximate surface area is 134 Å². The quantitative estimate of drug-likeness (QED) is 0.618. The zero-order valence-corrected chi connectivity index (χ0v) is 12.7. The van der Waals surface area contributed by atoms with E-state index in [-0.39, 0.29) is 13.2 Å². The standard InChI is InChI=1S/C18H20F2O3/c19-11-17(21-13-15-7-3-1-4-8-15)23-18(12-20)22-14-16-9-5-2-6-10-16/h1-10,17-18H,11-14H2. The Morgan fingerprint density at radius 3 is 1.39 bits per heavy atom. The van der Waals surface area contributed by atoms with Gasteiger partial charge in [-0.3, -0.25) is 0 Å². The SMILES string of the molecule is FCC(OCc1ccccc1)OC(CF)OCc1ccccc1. The Balaban J connectivity index is 1.78. The highest BCUT2D eigenvalue weighted by Crippen LogP contribution is 2.11. The zero-order valence-electron chi connectivity index (χ0n) is 12.7. The summed E-state index contributed by atoms with van der Waals surface area (Å²) in [6.07, 6.45) is -2.32. The van der Waals surface area contributed by atoms with Gasteiger partial charge in [-0.1, -0.05) is 60.7 Å². The number of halogens is 2. The maximum atomic E-state index is 13.0. The van der Waals surface area contributed by atoms with Crippen LogP contribution >= 0.6 is 0 Å². The lowest BCUT2D eigenvalue weighted by Crippen LogP contribution is -2.29. The van der Waals surface area contributed by atoms with Crippen LogP contribution in [-0.2, 0) is 27.4 Å². The molecule has 0 aliphatic heterocycles. The fourth-order valence-electron chi connectivity index (χ4n) is 1.94. The van der Waals surface area contributed by atoms with Gasteiger partial charge >= 0.3 is 0 Å². The second kappa shape index (κ2) is 10.0. The highest BCUT2D eigenvalue weighted by molar-refractivity contribution is 5.14. The van der Waals surface area contributed by atoms with Gasteiger partial charge < -0.3 is 14.2 Å². The summed E-state index contributed by atoms with van der Waals surface area (Å²) in [5, 5.41) is 0. The number of rotatable bonds is 10. The smallest absolute Gasteiger partial charge is 0.189 e. The molecule has 0 fully saturated rings. The van der Waals surface area contributed by atoms with Crippen molar-refractivity contribution in [3.8, 4) is 0 Å². The van der Waals surface area contributed by atoms with Gasteiger partial charge in [0.05, 0.1) is 13.2 Å². The van der Waals surface area contributed by atoms with E-state index in [2.05, 4.69) is 0 Å². The van der Waals surface area contributed by atoms with Crippen molar-refractivity contribution in [1.82, 2.24) is 0 Å². The highest BCUT2D eigenvalue weighted by atomic mass is 19.1. The summed E-state index contributed by atoms with van der Waals surface area (Å²) in [7, 11) is 0. The van der Waals surface area contributed by atoms with E-state index in [0.29, 0.717) is 0 Å². The van der Waals surface area contributed by atoms with Crippen molar-refractivity contribution in [2.75, 3.05) is 13.3 Å². The first-order chi connectivity index (χ1) is 11.3. The molecule has 2 rings (SSSR count). The molecule has 2 aromatic carbocycles. The van der Waals surface area contributed by atoms with Crippen LogP contribution in [0.3, 0.4) is 0 Å². The van der Waals surface area contributed by atoms with E-state index in [4.69, 9.17) is 14.2 Å². The highest BCUT2D eigenvalue weighted by Gasteiger charge is 2.18. The van der Waals surface area contributed by atoms with E-state index in [1.165, 1.54) is 0 Å². The van der Waals surface area contributed by atoms with Crippen LogP contribution in [-0.4, -0.2) is 25.9 Å². The van der Waals surface area contributed by atoms with Gasteiger partial charge in [-0.05, 0) is 11.1 Å². The number of benzene rings is 2. The molecule has 2 atom stereocenters. The molecule has 124 valence electrons. The Hall–Kier alpha value is -1.82. The summed E-state index contributed by atoms with van der Waals surface area (Å²) >= 11 is 0. The third-order valence-electron chi connectivity index (χ3n) is 3.11. The minimum atomic E-state index is -1.16. The fourth-order valence-corrected chi connectivity index (χ4v) is 1.94.